The van der Waals surface area contributed by atoms with Crippen LogP contribution in [-0.2, 0) is 17.9 Å². The number of nitrogens with zero attached hydrogens (tertiary/aromatic N) is 4. The van der Waals surface area contributed by atoms with Crippen molar-refractivity contribution in [1.29, 1.82) is 21.0 Å². The second-order valence-electron chi connectivity index (χ2n) is 8.22. The molecular formula is C32H23N4OsP+. The molecule has 0 aliphatic heterocycles. The van der Waals surface area contributed by atoms with E-state index in [1.807, 2.05) is 42.5 Å². The number of benzene rings is 3. The summed E-state index contributed by atoms with van der Waals surface area (Å²) < 4.78 is 3.51. The van der Waals surface area contributed by atoms with Crippen molar-refractivity contribution in [2.75, 3.05) is 0 Å². The molecule has 0 aliphatic rings. The van der Waals surface area contributed by atoms with Crippen LogP contribution in [0.1, 0.15) is 6.42 Å². The van der Waals surface area contributed by atoms with Gasteiger partial charge in [0.25, 0.3) is 0 Å². The topological polar surface area (TPSA) is 95.2 Å². The number of rotatable bonds is 9. The molecule has 0 saturated carbocycles. The van der Waals surface area contributed by atoms with E-state index in [1.54, 1.807) is 42.2 Å². The molecule has 6 heteroatoms. The van der Waals surface area contributed by atoms with Gasteiger partial charge in [-0.05, 0) is 0 Å². The molecule has 3 rings (SSSR count). The van der Waals surface area contributed by atoms with Gasteiger partial charge in [0.2, 0.25) is 0 Å². The molecule has 0 heterocycles. The fourth-order valence-corrected chi connectivity index (χ4v) is 9.68. The third kappa shape index (κ3) is 5.81. The van der Waals surface area contributed by atoms with Crippen LogP contribution in [0.5, 0.6) is 0 Å². The first kappa shape index (κ1) is 28.3. The van der Waals surface area contributed by atoms with Crippen molar-refractivity contribution >= 4 is 23.2 Å². The van der Waals surface area contributed by atoms with Crippen LogP contribution in [0.25, 0.3) is 0 Å². The zero-order valence-electron chi connectivity index (χ0n) is 20.4. The molecule has 0 amide bonds. The van der Waals surface area contributed by atoms with Crippen LogP contribution in [-0.4, -0.2) is 0 Å². The predicted molar refractivity (Wildman–Crippen MR) is 148 cm³/mol. The maximum atomic E-state index is 9.49. The van der Waals surface area contributed by atoms with Crippen molar-refractivity contribution in [1.82, 2.24) is 0 Å². The summed E-state index contributed by atoms with van der Waals surface area (Å²) in [6.45, 7) is 0. The van der Waals surface area contributed by atoms with E-state index in [0.29, 0.717) is 0 Å². The van der Waals surface area contributed by atoms with Gasteiger partial charge in [-0.15, -0.1) is 0 Å². The van der Waals surface area contributed by atoms with Gasteiger partial charge in [-0.25, -0.2) is 0 Å². The maximum absolute atomic E-state index is 9.49. The first-order valence-electron chi connectivity index (χ1n) is 11.7. The summed E-state index contributed by atoms with van der Waals surface area (Å²) in [5.74, 6) is -1.32. The van der Waals surface area contributed by atoms with Gasteiger partial charge in [-0.1, -0.05) is 0 Å². The fourth-order valence-electron chi connectivity index (χ4n) is 4.18. The fraction of sp³-hybridized carbons (Fsp3) is 0.0938. The minimum atomic E-state index is -2.25. The van der Waals surface area contributed by atoms with E-state index in [-0.39, 0.29) is 6.42 Å². The van der Waals surface area contributed by atoms with E-state index in [0.717, 1.165) is 5.31 Å². The van der Waals surface area contributed by atoms with Crippen LogP contribution in [0.4, 0.5) is 0 Å². The van der Waals surface area contributed by atoms with Gasteiger partial charge in [-0.2, -0.15) is 0 Å². The van der Waals surface area contributed by atoms with Gasteiger partial charge in [-0.3, -0.25) is 0 Å². The van der Waals surface area contributed by atoms with Gasteiger partial charge < -0.3 is 0 Å². The van der Waals surface area contributed by atoms with Crippen molar-refractivity contribution in [3.63, 3.8) is 0 Å². The Bertz CT molecular complexity index is 1420. The standard InChI is InChI=1S/C32H23N4P.Os/c1-27(15-7-2-3-14-22-32(25-35,26-36)28(23-33)24-34)37(29-16-8-4-9-17-29,30-18-10-5-11-19-30)31-20-12-6-13-21-31;/h2-21,28H,22H2;/q+1;/b7-2?,14-3?,27-15+;. The summed E-state index contributed by atoms with van der Waals surface area (Å²) in [6, 6.07) is 38.8. The van der Waals surface area contributed by atoms with Crippen molar-refractivity contribution in [3.8, 4) is 28.6 Å². The Balaban J connectivity index is 2.08. The van der Waals surface area contributed by atoms with E-state index in [1.165, 1.54) is 15.9 Å². The number of nitriles is 4. The van der Waals surface area contributed by atoms with Crippen molar-refractivity contribution in [2.45, 2.75) is 6.42 Å². The molecule has 0 atom stereocenters. The Kier molecular flexibility index (Phi) is 10.3. The van der Waals surface area contributed by atoms with Gasteiger partial charge in [0.1, 0.15) is 0 Å². The van der Waals surface area contributed by atoms with E-state index >= 15 is 0 Å². The molecule has 0 bridgehead atoms. The second kappa shape index (κ2) is 13.8. The monoisotopic (exact) mass is 686 g/mol. The van der Waals surface area contributed by atoms with Gasteiger partial charge >= 0.3 is 235 Å². The molecule has 183 valence electrons. The van der Waals surface area contributed by atoms with Crippen LogP contribution in [0.3, 0.4) is 0 Å². The molecule has 0 fully saturated rings. The molecule has 38 heavy (non-hydrogen) atoms. The van der Waals surface area contributed by atoms with Crippen LogP contribution in [0, 0.1) is 61.0 Å². The van der Waals surface area contributed by atoms with Crippen molar-refractivity contribution in [3.05, 3.63) is 127 Å². The molecule has 0 aliphatic carbocycles. The van der Waals surface area contributed by atoms with E-state index < -0.39 is 18.6 Å². The minimum absolute atomic E-state index is 0.0188. The predicted octanol–water partition coefficient (Wildman–Crippen LogP) is 5.57. The molecule has 0 N–H and O–H groups in total. The second-order valence-corrected chi connectivity index (χ2v) is 12.2. The Hall–Kier alpha value is -4.31. The molecular weight excluding hydrogens is 662 g/mol. The summed E-state index contributed by atoms with van der Waals surface area (Å²) in [5.41, 5.74) is -1.70. The van der Waals surface area contributed by atoms with Crippen LogP contribution < -0.4 is 15.9 Å². The van der Waals surface area contributed by atoms with Gasteiger partial charge in [0.05, 0.1) is 0 Å². The van der Waals surface area contributed by atoms with Crippen LogP contribution >= 0.6 is 7.26 Å². The average molecular weight is 685 g/mol. The third-order valence-electron chi connectivity index (χ3n) is 6.08. The van der Waals surface area contributed by atoms with Crippen molar-refractivity contribution < 1.29 is 17.9 Å². The average Bonchev–Trinajstić information content (AvgIpc) is 2.99. The Labute approximate surface area is 234 Å². The Morgan fingerprint density at radius 2 is 1.16 bits per heavy atom. The van der Waals surface area contributed by atoms with Crippen LogP contribution in [0.15, 0.2) is 127 Å². The summed E-state index contributed by atoms with van der Waals surface area (Å²) in [5, 5.41) is 42.1. The SMILES string of the molecule is N#CC(C#N)C(C#N)(C#N)CC=CC=C/C=C(\[C]#[Os])[P+](c1ccccc1)(c1ccccc1)c1ccccc1. The Morgan fingerprint density at radius 3 is 1.53 bits per heavy atom. The molecule has 3 aromatic carbocycles. The Morgan fingerprint density at radius 1 is 0.711 bits per heavy atom. The number of allylic oxidation sites excluding steroid dienone is 6. The third-order valence-corrected chi connectivity index (χ3v) is 11.5. The zero-order valence-corrected chi connectivity index (χ0v) is 23.9. The molecule has 4 nitrogen and oxygen atoms in total. The molecule has 0 radical (unpaired) electrons. The summed E-state index contributed by atoms with van der Waals surface area (Å²) in [6.07, 6.45) is 9.16. The summed E-state index contributed by atoms with van der Waals surface area (Å²) in [4.78, 5) is 0. The van der Waals surface area contributed by atoms with Gasteiger partial charge in [0, 0.05) is 0 Å². The first-order chi connectivity index (χ1) is 18.6. The quantitative estimate of drug-likeness (QED) is 0.218. The number of hydrogen-bond acceptors (Lipinski definition) is 4. The molecule has 0 spiro atoms. The normalized spacial score (nSPS) is 11.9. The van der Waals surface area contributed by atoms with Gasteiger partial charge in [0.15, 0.2) is 0 Å². The first-order valence-corrected chi connectivity index (χ1v) is 14.8. The van der Waals surface area contributed by atoms with E-state index in [9.17, 15) is 21.0 Å². The van der Waals surface area contributed by atoms with Crippen LogP contribution in [0.2, 0.25) is 0 Å². The molecule has 0 saturated heterocycles. The zero-order chi connectivity index (χ0) is 27.3. The molecule has 0 aromatic heterocycles. The van der Waals surface area contributed by atoms with E-state index in [4.69, 9.17) is 0 Å². The summed E-state index contributed by atoms with van der Waals surface area (Å²) in [7, 11) is -2.25. The van der Waals surface area contributed by atoms with E-state index in [2.05, 4.69) is 83.2 Å². The number of hydrogen-bond donors (Lipinski definition) is 0. The van der Waals surface area contributed by atoms with Crippen molar-refractivity contribution in [2.24, 2.45) is 11.3 Å². The summed E-state index contributed by atoms with van der Waals surface area (Å²) >= 11 is 1.69. The molecule has 3 aromatic rings. The molecule has 0 unspecified atom stereocenters.